The molecule has 0 radical (unpaired) electrons. The second-order valence-electron chi connectivity index (χ2n) is 7.04. The number of para-hydroxylation sites is 1. The molecule has 1 aromatic heterocycles. The van der Waals surface area contributed by atoms with Crippen LogP contribution in [0.1, 0.15) is 25.0 Å². The minimum Gasteiger partial charge on any atom is -0.508 e. The molecular weight excluding hydrogens is 354 g/mol. The summed E-state index contributed by atoms with van der Waals surface area (Å²) in [4.78, 5) is 24.9. The highest BCUT2D eigenvalue weighted by Crippen LogP contribution is 2.20. The van der Waals surface area contributed by atoms with Crippen molar-refractivity contribution in [3.05, 3.63) is 65.9 Å². The van der Waals surface area contributed by atoms with E-state index in [0.717, 1.165) is 16.6 Å². The molecule has 148 valence electrons. The Kier molecular flexibility index (Phi) is 7.21. The van der Waals surface area contributed by atoms with Gasteiger partial charge in [0.2, 0.25) is 11.8 Å². The smallest absolute Gasteiger partial charge is 0.220 e. The highest BCUT2D eigenvalue weighted by atomic mass is 16.3. The van der Waals surface area contributed by atoms with Crippen molar-refractivity contribution in [2.75, 3.05) is 0 Å². The summed E-state index contributed by atoms with van der Waals surface area (Å²) in [6, 6.07) is 14.8. The maximum Gasteiger partial charge on any atom is 0.220 e. The number of nitrogens with one attached hydrogen (secondary N) is 1. The van der Waals surface area contributed by atoms with E-state index in [1.54, 1.807) is 31.2 Å². The summed E-state index contributed by atoms with van der Waals surface area (Å²) in [6.07, 6.45) is 3.26. The predicted molar refractivity (Wildman–Crippen MR) is 111 cm³/mol. The summed E-state index contributed by atoms with van der Waals surface area (Å²) in [5.74, 6) is -0.599. The zero-order chi connectivity index (χ0) is 20.7. The van der Waals surface area contributed by atoms with Crippen LogP contribution in [0.15, 0.2) is 54.7 Å². The number of phenols is 1. The fourth-order valence-corrected chi connectivity index (χ4v) is 2.82. The second-order valence-corrected chi connectivity index (χ2v) is 7.04. The van der Waals surface area contributed by atoms with Crippen molar-refractivity contribution in [1.82, 2.24) is 4.98 Å². The van der Waals surface area contributed by atoms with E-state index in [-0.39, 0.29) is 29.4 Å². The molecule has 6 N–H and O–H groups in total. The highest BCUT2D eigenvalue weighted by Gasteiger charge is 2.12. The van der Waals surface area contributed by atoms with Crippen LogP contribution in [0.3, 0.4) is 0 Å². The van der Waals surface area contributed by atoms with Gasteiger partial charge in [-0.25, -0.2) is 0 Å². The van der Waals surface area contributed by atoms with Gasteiger partial charge in [0.1, 0.15) is 5.75 Å². The number of rotatable bonds is 6. The number of aromatic amines is 1. The monoisotopic (exact) mass is 381 g/mol. The third-order valence-electron chi connectivity index (χ3n) is 4.65. The molecule has 2 aromatic carbocycles. The summed E-state index contributed by atoms with van der Waals surface area (Å²) in [6.45, 7) is 3.64. The van der Waals surface area contributed by atoms with Gasteiger partial charge in [0.05, 0.1) is 0 Å². The van der Waals surface area contributed by atoms with E-state index in [2.05, 4.69) is 11.1 Å². The Labute approximate surface area is 164 Å². The maximum absolute atomic E-state index is 11.0. The van der Waals surface area contributed by atoms with E-state index in [1.807, 2.05) is 31.3 Å². The van der Waals surface area contributed by atoms with Crippen LogP contribution in [0.2, 0.25) is 0 Å². The number of phenolic OH excluding ortho intramolecular Hbond substituents is 1. The molecule has 6 nitrogen and oxygen atoms in total. The minimum atomic E-state index is -0.298. The first-order valence-electron chi connectivity index (χ1n) is 9.19. The molecule has 0 aliphatic rings. The largest absolute Gasteiger partial charge is 0.508 e. The van der Waals surface area contributed by atoms with Crippen LogP contribution in [-0.4, -0.2) is 21.9 Å². The van der Waals surface area contributed by atoms with Gasteiger partial charge in [-0.1, -0.05) is 44.2 Å². The lowest BCUT2D eigenvalue weighted by molar-refractivity contribution is -0.122. The van der Waals surface area contributed by atoms with E-state index >= 15 is 0 Å². The van der Waals surface area contributed by atoms with Crippen molar-refractivity contribution >= 4 is 22.7 Å². The van der Waals surface area contributed by atoms with E-state index in [1.165, 1.54) is 5.39 Å². The molecule has 2 atom stereocenters. The zero-order valence-corrected chi connectivity index (χ0v) is 16.2. The molecule has 2 unspecified atom stereocenters. The average molecular weight is 381 g/mol. The lowest BCUT2D eigenvalue weighted by atomic mass is 10.0. The van der Waals surface area contributed by atoms with Gasteiger partial charge in [0.15, 0.2) is 0 Å². The molecule has 1 heterocycles. The second kappa shape index (κ2) is 9.60. The van der Waals surface area contributed by atoms with Gasteiger partial charge < -0.3 is 21.6 Å². The molecule has 2 amide bonds. The Balaban J connectivity index is 0.000000203. The Bertz CT molecular complexity index is 932. The lowest BCUT2D eigenvalue weighted by Crippen LogP contribution is -2.22. The molecular formula is C22H27N3O3. The first-order chi connectivity index (χ1) is 13.3. The van der Waals surface area contributed by atoms with Crippen LogP contribution in [0.25, 0.3) is 10.9 Å². The van der Waals surface area contributed by atoms with Crippen LogP contribution in [0, 0.1) is 11.8 Å². The summed E-state index contributed by atoms with van der Waals surface area (Å²) in [5, 5.41) is 10.2. The summed E-state index contributed by atoms with van der Waals surface area (Å²) >= 11 is 0. The number of nitrogens with two attached hydrogens (primary N) is 2. The van der Waals surface area contributed by atoms with E-state index < -0.39 is 0 Å². The number of aromatic hydroxyl groups is 1. The SMILES string of the molecule is CC(Cc1c[nH]c2ccccc12)C(N)=O.CC(Cc1ccc(O)cc1)C(N)=O. The average Bonchev–Trinajstić information content (AvgIpc) is 3.07. The topological polar surface area (TPSA) is 122 Å². The molecule has 0 spiro atoms. The lowest BCUT2D eigenvalue weighted by Gasteiger charge is -2.06. The molecule has 0 bridgehead atoms. The fourth-order valence-electron chi connectivity index (χ4n) is 2.82. The van der Waals surface area contributed by atoms with E-state index in [9.17, 15) is 9.59 Å². The fraction of sp³-hybridized carbons (Fsp3) is 0.273. The standard InChI is InChI=1S/C12H14N2O.C10H13NO2/c1-8(12(13)15)6-9-7-14-11-5-3-2-4-10(9)11;1-7(10(11)13)6-8-2-4-9(12)5-3-8/h2-5,7-8,14H,6H2,1H3,(H2,13,15);2-5,7,12H,6H2,1H3,(H2,11,13). The first kappa shape index (κ1) is 21.0. The van der Waals surface area contributed by atoms with Crippen molar-refractivity contribution in [2.45, 2.75) is 26.7 Å². The predicted octanol–water partition coefficient (Wildman–Crippen LogP) is 2.89. The van der Waals surface area contributed by atoms with Gasteiger partial charge in [-0.05, 0) is 42.2 Å². The van der Waals surface area contributed by atoms with Gasteiger partial charge in [-0.2, -0.15) is 0 Å². The van der Waals surface area contributed by atoms with Gasteiger partial charge in [-0.3, -0.25) is 9.59 Å². The number of aromatic nitrogens is 1. The number of carbonyl (C=O) groups is 2. The first-order valence-corrected chi connectivity index (χ1v) is 9.19. The zero-order valence-electron chi connectivity index (χ0n) is 16.2. The molecule has 6 heteroatoms. The number of hydrogen-bond donors (Lipinski definition) is 4. The van der Waals surface area contributed by atoms with Gasteiger partial charge in [0.25, 0.3) is 0 Å². The number of H-pyrrole nitrogens is 1. The summed E-state index contributed by atoms with van der Waals surface area (Å²) in [7, 11) is 0. The van der Waals surface area contributed by atoms with Crippen LogP contribution < -0.4 is 11.5 Å². The van der Waals surface area contributed by atoms with Crippen LogP contribution in [-0.2, 0) is 22.4 Å². The number of primary amides is 2. The Morgan fingerprint density at radius 2 is 1.50 bits per heavy atom. The van der Waals surface area contributed by atoms with Crippen LogP contribution in [0.5, 0.6) is 5.75 Å². The number of hydrogen-bond acceptors (Lipinski definition) is 3. The van der Waals surface area contributed by atoms with Crippen LogP contribution >= 0.6 is 0 Å². The number of amides is 2. The molecule has 0 aliphatic carbocycles. The summed E-state index contributed by atoms with van der Waals surface area (Å²) in [5.41, 5.74) is 13.6. The Hall–Kier alpha value is -3.28. The number of fused-ring (bicyclic) bond motifs is 1. The Morgan fingerprint density at radius 3 is 2.11 bits per heavy atom. The molecule has 28 heavy (non-hydrogen) atoms. The molecule has 0 saturated carbocycles. The molecule has 3 aromatic rings. The highest BCUT2D eigenvalue weighted by molar-refractivity contribution is 5.84. The molecule has 3 rings (SSSR count). The van der Waals surface area contributed by atoms with E-state index in [0.29, 0.717) is 12.8 Å². The Morgan fingerprint density at radius 1 is 0.929 bits per heavy atom. The molecule has 0 aliphatic heterocycles. The third-order valence-corrected chi connectivity index (χ3v) is 4.65. The van der Waals surface area contributed by atoms with Gasteiger partial charge >= 0.3 is 0 Å². The van der Waals surface area contributed by atoms with Gasteiger partial charge in [0, 0.05) is 28.9 Å². The minimum absolute atomic E-state index is 0.121. The van der Waals surface area contributed by atoms with Crippen molar-refractivity contribution in [3.63, 3.8) is 0 Å². The van der Waals surface area contributed by atoms with Gasteiger partial charge in [-0.15, -0.1) is 0 Å². The molecule has 0 fully saturated rings. The van der Waals surface area contributed by atoms with Crippen molar-refractivity contribution in [1.29, 1.82) is 0 Å². The van der Waals surface area contributed by atoms with E-state index in [4.69, 9.17) is 16.6 Å². The normalized spacial score (nSPS) is 12.6. The summed E-state index contributed by atoms with van der Waals surface area (Å²) < 4.78 is 0. The maximum atomic E-state index is 11.0. The number of carbonyl (C=O) groups excluding carboxylic acids is 2. The van der Waals surface area contributed by atoms with Crippen molar-refractivity contribution in [3.8, 4) is 5.75 Å². The molecule has 0 saturated heterocycles. The van der Waals surface area contributed by atoms with Crippen molar-refractivity contribution in [2.24, 2.45) is 23.3 Å². The van der Waals surface area contributed by atoms with Crippen molar-refractivity contribution < 1.29 is 14.7 Å². The van der Waals surface area contributed by atoms with Crippen LogP contribution in [0.4, 0.5) is 0 Å². The quantitative estimate of drug-likeness (QED) is 0.525. The third kappa shape index (κ3) is 5.87. The number of benzene rings is 2.